The molecule has 0 N–H and O–H groups in total. The molecule has 0 bridgehead atoms. The summed E-state index contributed by atoms with van der Waals surface area (Å²) in [6.07, 6.45) is 3.11. The first-order chi connectivity index (χ1) is 9.40. The number of hydrogen-bond donors (Lipinski definition) is 0. The largest absolute Gasteiger partial charge is 0.341 e. The van der Waals surface area contributed by atoms with Crippen molar-refractivity contribution in [2.45, 2.75) is 19.3 Å². The van der Waals surface area contributed by atoms with Crippen molar-refractivity contribution in [2.24, 2.45) is 5.92 Å². The highest BCUT2D eigenvalue weighted by Crippen LogP contribution is 2.28. The third-order valence-corrected chi connectivity index (χ3v) is 3.55. The number of carbonyl (C=O) groups excluding carboxylic acids is 1. The fraction of sp³-hybridized carbons (Fsp3) is 0.462. The molecule has 108 valence electrons. The van der Waals surface area contributed by atoms with E-state index in [0.29, 0.717) is 24.6 Å². The lowest BCUT2D eigenvalue weighted by molar-refractivity contribution is -0.387. The minimum Gasteiger partial charge on any atom is -0.341 e. The number of halogens is 2. The van der Waals surface area contributed by atoms with Gasteiger partial charge in [0.2, 0.25) is 5.82 Å². The van der Waals surface area contributed by atoms with Gasteiger partial charge in [-0.1, -0.05) is 6.42 Å². The van der Waals surface area contributed by atoms with Crippen LogP contribution in [-0.2, 0) is 0 Å². The Morgan fingerprint density at radius 1 is 1.45 bits per heavy atom. The second-order valence-electron chi connectivity index (χ2n) is 5.03. The summed E-state index contributed by atoms with van der Waals surface area (Å²) < 4.78 is 27.2. The molecular formula is C13H14F2N2O3. The third-order valence-electron chi connectivity index (χ3n) is 3.55. The van der Waals surface area contributed by atoms with Gasteiger partial charge in [-0.25, -0.2) is 4.39 Å². The molecule has 7 heteroatoms. The quantitative estimate of drug-likeness (QED) is 0.631. The fourth-order valence-corrected chi connectivity index (χ4v) is 2.21. The van der Waals surface area contributed by atoms with Gasteiger partial charge in [-0.15, -0.1) is 0 Å². The Labute approximate surface area is 114 Å². The zero-order valence-electron chi connectivity index (χ0n) is 10.9. The number of benzene rings is 1. The number of nitro benzene ring substituents is 1. The smallest absolute Gasteiger partial charge is 0.308 e. The van der Waals surface area contributed by atoms with Gasteiger partial charge in [-0.2, -0.15) is 4.39 Å². The molecule has 1 fully saturated rings. The average Bonchev–Trinajstić information content (AvgIpc) is 2.34. The SMILES string of the molecule is CN(CC1CCC1)C(=O)c1cc(F)cc([N+](=O)[O-])c1F. The van der Waals surface area contributed by atoms with Crippen LogP contribution in [0, 0.1) is 27.7 Å². The maximum Gasteiger partial charge on any atom is 0.308 e. The Morgan fingerprint density at radius 2 is 2.10 bits per heavy atom. The maximum atomic E-state index is 13.9. The van der Waals surface area contributed by atoms with Crippen molar-refractivity contribution in [3.05, 3.63) is 39.4 Å². The van der Waals surface area contributed by atoms with E-state index < -0.39 is 33.7 Å². The molecule has 0 aromatic heterocycles. The van der Waals surface area contributed by atoms with E-state index in [1.165, 1.54) is 11.9 Å². The average molecular weight is 284 g/mol. The lowest BCUT2D eigenvalue weighted by Gasteiger charge is -2.30. The van der Waals surface area contributed by atoms with Crippen LogP contribution in [0.1, 0.15) is 29.6 Å². The van der Waals surface area contributed by atoms with Gasteiger partial charge in [0.25, 0.3) is 5.91 Å². The summed E-state index contributed by atoms with van der Waals surface area (Å²) >= 11 is 0. The molecule has 20 heavy (non-hydrogen) atoms. The molecule has 2 rings (SSSR count). The van der Waals surface area contributed by atoms with Gasteiger partial charge in [-0.05, 0) is 24.8 Å². The fourth-order valence-electron chi connectivity index (χ4n) is 2.21. The Balaban J connectivity index is 2.26. The Kier molecular flexibility index (Phi) is 3.96. The van der Waals surface area contributed by atoms with Crippen LogP contribution in [0.5, 0.6) is 0 Å². The second-order valence-corrected chi connectivity index (χ2v) is 5.03. The molecule has 1 aliphatic rings. The highest BCUT2D eigenvalue weighted by Gasteiger charge is 2.28. The van der Waals surface area contributed by atoms with E-state index in [1.807, 2.05) is 0 Å². The van der Waals surface area contributed by atoms with Crippen LogP contribution in [0.3, 0.4) is 0 Å². The van der Waals surface area contributed by atoms with Crippen LogP contribution >= 0.6 is 0 Å². The molecule has 0 unspecified atom stereocenters. The van der Waals surface area contributed by atoms with Crippen molar-refractivity contribution in [1.29, 1.82) is 0 Å². The molecule has 0 aliphatic heterocycles. The molecule has 1 aromatic rings. The number of hydrogen-bond acceptors (Lipinski definition) is 3. The van der Waals surface area contributed by atoms with E-state index in [1.54, 1.807) is 0 Å². The highest BCUT2D eigenvalue weighted by atomic mass is 19.1. The number of carbonyl (C=O) groups is 1. The molecule has 0 spiro atoms. The van der Waals surface area contributed by atoms with Crippen molar-refractivity contribution in [3.63, 3.8) is 0 Å². The Morgan fingerprint density at radius 3 is 2.60 bits per heavy atom. The highest BCUT2D eigenvalue weighted by molar-refractivity contribution is 5.95. The Hall–Kier alpha value is -2.05. The molecular weight excluding hydrogens is 270 g/mol. The van der Waals surface area contributed by atoms with Gasteiger partial charge in [-0.3, -0.25) is 14.9 Å². The van der Waals surface area contributed by atoms with Crippen molar-refractivity contribution in [3.8, 4) is 0 Å². The second kappa shape index (κ2) is 5.52. The molecule has 0 heterocycles. The van der Waals surface area contributed by atoms with Crippen molar-refractivity contribution >= 4 is 11.6 Å². The zero-order valence-corrected chi connectivity index (χ0v) is 10.9. The summed E-state index contributed by atoms with van der Waals surface area (Å²) in [6, 6.07) is 1.17. The summed E-state index contributed by atoms with van der Waals surface area (Å²) in [5.41, 5.74) is -1.62. The molecule has 1 saturated carbocycles. The normalized spacial score (nSPS) is 14.8. The van der Waals surface area contributed by atoms with Gasteiger partial charge in [0.15, 0.2) is 0 Å². The minimum atomic E-state index is -1.29. The van der Waals surface area contributed by atoms with Crippen LogP contribution in [0.2, 0.25) is 0 Å². The van der Waals surface area contributed by atoms with Crippen molar-refractivity contribution < 1.29 is 18.5 Å². The molecule has 0 radical (unpaired) electrons. The van der Waals surface area contributed by atoms with Crippen molar-refractivity contribution in [1.82, 2.24) is 4.90 Å². The number of nitro groups is 1. The summed E-state index contributed by atoms with van der Waals surface area (Å²) in [7, 11) is 1.48. The first-order valence-electron chi connectivity index (χ1n) is 6.29. The minimum absolute atomic E-state index is 0.371. The monoisotopic (exact) mass is 284 g/mol. The molecule has 1 aromatic carbocycles. The zero-order chi connectivity index (χ0) is 14.9. The molecule has 5 nitrogen and oxygen atoms in total. The first-order valence-corrected chi connectivity index (χ1v) is 6.29. The van der Waals surface area contributed by atoms with E-state index in [0.717, 1.165) is 19.3 Å². The van der Waals surface area contributed by atoms with Gasteiger partial charge >= 0.3 is 5.69 Å². The van der Waals surface area contributed by atoms with Crippen LogP contribution in [0.4, 0.5) is 14.5 Å². The maximum absolute atomic E-state index is 13.9. The van der Waals surface area contributed by atoms with Crippen LogP contribution in [-0.4, -0.2) is 29.3 Å². The van der Waals surface area contributed by atoms with Crippen LogP contribution < -0.4 is 0 Å². The van der Waals surface area contributed by atoms with E-state index in [-0.39, 0.29) is 0 Å². The lowest BCUT2D eigenvalue weighted by atomic mass is 9.85. The van der Waals surface area contributed by atoms with Gasteiger partial charge in [0.1, 0.15) is 5.82 Å². The lowest BCUT2D eigenvalue weighted by Crippen LogP contribution is -2.34. The van der Waals surface area contributed by atoms with E-state index >= 15 is 0 Å². The van der Waals surface area contributed by atoms with Gasteiger partial charge in [0, 0.05) is 13.6 Å². The third kappa shape index (κ3) is 2.76. The number of amides is 1. The predicted octanol–water partition coefficient (Wildman–Crippen LogP) is 2.75. The van der Waals surface area contributed by atoms with Crippen LogP contribution in [0.25, 0.3) is 0 Å². The summed E-state index contributed by atoms with van der Waals surface area (Å²) in [6.45, 7) is 0.447. The summed E-state index contributed by atoms with van der Waals surface area (Å²) in [4.78, 5) is 22.9. The van der Waals surface area contributed by atoms with Crippen LogP contribution in [0.15, 0.2) is 12.1 Å². The Bertz CT molecular complexity index is 559. The molecule has 1 aliphatic carbocycles. The topological polar surface area (TPSA) is 63.5 Å². The summed E-state index contributed by atoms with van der Waals surface area (Å²) in [5.74, 6) is -2.66. The van der Waals surface area contributed by atoms with Gasteiger partial charge in [0.05, 0.1) is 16.6 Å². The van der Waals surface area contributed by atoms with Gasteiger partial charge < -0.3 is 4.90 Å². The number of nitrogens with zero attached hydrogens (tertiary/aromatic N) is 2. The summed E-state index contributed by atoms with van der Waals surface area (Å²) in [5, 5.41) is 10.6. The predicted molar refractivity (Wildman–Crippen MR) is 67.3 cm³/mol. The molecule has 0 saturated heterocycles. The standard InChI is InChI=1S/C13H14F2N2O3/c1-16(7-8-3-2-4-8)13(18)10-5-9(14)6-11(12(10)15)17(19)20/h5-6,8H,2-4,7H2,1H3. The van der Waals surface area contributed by atoms with E-state index in [9.17, 15) is 23.7 Å². The molecule has 0 atom stereocenters. The van der Waals surface area contributed by atoms with E-state index in [4.69, 9.17) is 0 Å². The number of rotatable bonds is 4. The van der Waals surface area contributed by atoms with E-state index in [2.05, 4.69) is 0 Å². The van der Waals surface area contributed by atoms with Crippen molar-refractivity contribution in [2.75, 3.05) is 13.6 Å². The first kappa shape index (κ1) is 14.4. The molecule has 1 amide bonds.